The number of benzene rings is 1. The lowest BCUT2D eigenvalue weighted by Crippen LogP contribution is -2.09. The zero-order valence-electron chi connectivity index (χ0n) is 19.3. The van der Waals surface area contributed by atoms with Crippen molar-refractivity contribution >= 4 is 24.2 Å². The third-order valence-electron chi connectivity index (χ3n) is 5.81. The van der Waals surface area contributed by atoms with Gasteiger partial charge in [-0.25, -0.2) is 4.39 Å². The van der Waals surface area contributed by atoms with Crippen LogP contribution in [0, 0.1) is 11.2 Å². The van der Waals surface area contributed by atoms with Gasteiger partial charge in [-0.3, -0.25) is 4.99 Å². The topological polar surface area (TPSA) is 36.2 Å². The number of nitrogens with one attached hydrogen (secondary N) is 1. The van der Waals surface area contributed by atoms with Crippen molar-refractivity contribution in [1.82, 2.24) is 0 Å². The lowest BCUT2D eigenvalue weighted by molar-refractivity contribution is 0.622. The standard InChI is InChI=1S/C26H35FN2/c1-11-16(6)18(8)23(17(7)15(4)5)19(9)24-21(13-3)20(12-2)22(14-28)26(29-10)25(24)27/h11,14,28H,9-10,12-13H2,1-8H3/b16-11-,23-18-,28-14?. The second-order valence-electron chi connectivity index (χ2n) is 7.49. The highest BCUT2D eigenvalue weighted by Crippen LogP contribution is 2.41. The highest BCUT2D eigenvalue weighted by molar-refractivity contribution is 5.94. The molecule has 0 aliphatic heterocycles. The summed E-state index contributed by atoms with van der Waals surface area (Å²) in [6.45, 7) is 24.3. The van der Waals surface area contributed by atoms with E-state index in [1.807, 2.05) is 20.8 Å². The molecule has 156 valence electrons. The van der Waals surface area contributed by atoms with Crippen molar-refractivity contribution in [3.63, 3.8) is 0 Å². The molecule has 0 amide bonds. The lowest BCUT2D eigenvalue weighted by atomic mass is 9.81. The number of halogens is 1. The fourth-order valence-corrected chi connectivity index (χ4v) is 3.77. The first kappa shape index (κ1) is 24.5. The Labute approximate surface area is 176 Å². The molecule has 2 nitrogen and oxygen atoms in total. The zero-order chi connectivity index (χ0) is 22.5. The molecule has 0 fully saturated rings. The van der Waals surface area contributed by atoms with Gasteiger partial charge in [0.15, 0.2) is 5.82 Å². The van der Waals surface area contributed by atoms with E-state index in [2.05, 4.69) is 59.0 Å². The van der Waals surface area contributed by atoms with E-state index in [9.17, 15) is 0 Å². The molecule has 0 aliphatic rings. The van der Waals surface area contributed by atoms with Crippen molar-refractivity contribution in [2.75, 3.05) is 0 Å². The molecule has 3 heteroatoms. The molecule has 1 N–H and O–H groups in total. The maximum absolute atomic E-state index is 15.8. The Morgan fingerprint density at radius 3 is 1.97 bits per heavy atom. The molecule has 0 saturated heterocycles. The van der Waals surface area contributed by atoms with Gasteiger partial charge in [-0.15, -0.1) is 0 Å². The fourth-order valence-electron chi connectivity index (χ4n) is 3.77. The molecule has 0 saturated carbocycles. The van der Waals surface area contributed by atoms with Gasteiger partial charge in [0.2, 0.25) is 0 Å². The van der Waals surface area contributed by atoms with Crippen molar-refractivity contribution in [3.8, 4) is 0 Å². The van der Waals surface area contributed by atoms with Gasteiger partial charge in [0.1, 0.15) is 5.69 Å². The molecule has 0 unspecified atom stereocenters. The second kappa shape index (κ2) is 10.3. The van der Waals surface area contributed by atoms with E-state index in [0.29, 0.717) is 29.5 Å². The molecule has 1 aromatic carbocycles. The number of hydrogen-bond acceptors (Lipinski definition) is 2. The average Bonchev–Trinajstić information content (AvgIpc) is 2.71. The highest BCUT2D eigenvalue weighted by Gasteiger charge is 2.25. The van der Waals surface area contributed by atoms with Crippen LogP contribution in [0.4, 0.5) is 10.1 Å². The largest absolute Gasteiger partial charge is 0.308 e. The molecule has 0 spiro atoms. The molecular weight excluding hydrogens is 359 g/mol. The van der Waals surface area contributed by atoms with E-state index in [0.717, 1.165) is 39.0 Å². The molecule has 0 aliphatic carbocycles. The predicted octanol–water partition coefficient (Wildman–Crippen LogP) is 7.93. The molecular formula is C26H35FN2. The van der Waals surface area contributed by atoms with Gasteiger partial charge >= 0.3 is 0 Å². The minimum atomic E-state index is -0.442. The first-order chi connectivity index (χ1) is 13.6. The summed E-state index contributed by atoms with van der Waals surface area (Å²) < 4.78 is 15.8. The van der Waals surface area contributed by atoms with Gasteiger partial charge in [-0.05, 0) is 94.5 Å². The maximum atomic E-state index is 15.8. The Hall–Kier alpha value is -2.55. The summed E-state index contributed by atoms with van der Waals surface area (Å²) in [7, 11) is 0. The minimum Gasteiger partial charge on any atom is -0.308 e. The summed E-state index contributed by atoms with van der Waals surface area (Å²) in [5.41, 5.74) is 9.09. The van der Waals surface area contributed by atoms with Gasteiger partial charge in [0, 0.05) is 17.3 Å². The number of hydrogen-bond donors (Lipinski definition) is 1. The summed E-state index contributed by atoms with van der Waals surface area (Å²) in [4.78, 5) is 3.95. The van der Waals surface area contributed by atoms with Gasteiger partial charge < -0.3 is 5.41 Å². The monoisotopic (exact) mass is 394 g/mol. The predicted molar refractivity (Wildman–Crippen MR) is 127 cm³/mol. The van der Waals surface area contributed by atoms with E-state index < -0.39 is 5.82 Å². The maximum Gasteiger partial charge on any atom is 0.157 e. The summed E-state index contributed by atoms with van der Waals surface area (Å²) in [5.74, 6) is -0.442. The SMILES string of the molecule is C=Nc1c(F)c(C(=C)/C(C(C)=C(C)C)=C(C)\C(C)=C/C)c(CC)c(CC)c1C=N. The second-order valence-corrected chi connectivity index (χ2v) is 7.49. The van der Waals surface area contributed by atoms with Crippen LogP contribution >= 0.6 is 0 Å². The number of nitrogens with zero attached hydrogens (tertiary/aromatic N) is 1. The summed E-state index contributed by atoms with van der Waals surface area (Å²) in [5, 5.41) is 7.81. The normalized spacial score (nSPS) is 12.4. The van der Waals surface area contributed by atoms with Crippen LogP contribution in [0.15, 0.2) is 45.5 Å². The van der Waals surface area contributed by atoms with Gasteiger partial charge in [-0.2, -0.15) is 0 Å². The van der Waals surface area contributed by atoms with Crippen LogP contribution in [0.2, 0.25) is 0 Å². The van der Waals surface area contributed by atoms with E-state index in [1.165, 1.54) is 6.21 Å². The molecule has 0 heterocycles. The van der Waals surface area contributed by atoms with Crippen LogP contribution in [0.3, 0.4) is 0 Å². The minimum absolute atomic E-state index is 0.139. The summed E-state index contributed by atoms with van der Waals surface area (Å²) in [6.07, 6.45) is 4.58. The van der Waals surface area contributed by atoms with Gasteiger partial charge in [-0.1, -0.05) is 37.6 Å². The van der Waals surface area contributed by atoms with Crippen molar-refractivity contribution in [2.24, 2.45) is 4.99 Å². The van der Waals surface area contributed by atoms with Crippen molar-refractivity contribution in [2.45, 2.75) is 68.2 Å². The van der Waals surface area contributed by atoms with Crippen LogP contribution in [0.5, 0.6) is 0 Å². The molecule has 0 atom stereocenters. The van der Waals surface area contributed by atoms with Crippen LogP contribution in [0.1, 0.15) is 77.6 Å². The smallest absolute Gasteiger partial charge is 0.157 e. The number of allylic oxidation sites excluding steroid dienone is 7. The van der Waals surface area contributed by atoms with Crippen LogP contribution in [-0.4, -0.2) is 12.9 Å². The van der Waals surface area contributed by atoms with Crippen LogP contribution in [-0.2, 0) is 12.8 Å². The highest BCUT2D eigenvalue weighted by atomic mass is 19.1. The Morgan fingerprint density at radius 2 is 1.59 bits per heavy atom. The van der Waals surface area contributed by atoms with Crippen molar-refractivity contribution in [1.29, 1.82) is 5.41 Å². The average molecular weight is 395 g/mol. The molecule has 0 radical (unpaired) electrons. The Balaban J connectivity index is 4.16. The number of aliphatic imine (C=N–C) groups is 1. The van der Waals surface area contributed by atoms with Crippen LogP contribution in [0.25, 0.3) is 5.57 Å². The molecule has 1 rings (SSSR count). The van der Waals surface area contributed by atoms with Crippen molar-refractivity contribution in [3.05, 3.63) is 68.6 Å². The molecule has 1 aromatic rings. The molecule has 0 bridgehead atoms. The Kier molecular flexibility index (Phi) is 8.69. The first-order valence-corrected chi connectivity index (χ1v) is 10.1. The van der Waals surface area contributed by atoms with E-state index in [4.69, 9.17) is 5.41 Å². The Bertz CT molecular complexity index is 936. The Morgan fingerprint density at radius 1 is 1.03 bits per heavy atom. The van der Waals surface area contributed by atoms with Crippen LogP contribution < -0.4 is 0 Å². The first-order valence-electron chi connectivity index (χ1n) is 10.1. The van der Waals surface area contributed by atoms with Crippen molar-refractivity contribution < 1.29 is 4.39 Å². The molecule has 0 aromatic heterocycles. The van der Waals surface area contributed by atoms with Gasteiger partial charge in [0.25, 0.3) is 0 Å². The quantitative estimate of drug-likeness (QED) is 0.343. The fraction of sp³-hybridized carbons (Fsp3) is 0.385. The van der Waals surface area contributed by atoms with E-state index in [-0.39, 0.29) is 5.69 Å². The molecule has 29 heavy (non-hydrogen) atoms. The van der Waals surface area contributed by atoms with E-state index >= 15 is 4.39 Å². The summed E-state index contributed by atoms with van der Waals surface area (Å²) in [6, 6.07) is 0. The number of rotatable bonds is 8. The third-order valence-corrected chi connectivity index (χ3v) is 5.81. The third kappa shape index (κ3) is 4.55. The lowest BCUT2D eigenvalue weighted by Gasteiger charge is -2.24. The van der Waals surface area contributed by atoms with Gasteiger partial charge in [0.05, 0.1) is 0 Å². The zero-order valence-corrected chi connectivity index (χ0v) is 19.3. The van der Waals surface area contributed by atoms with E-state index in [1.54, 1.807) is 0 Å². The summed E-state index contributed by atoms with van der Waals surface area (Å²) >= 11 is 0.